The summed E-state index contributed by atoms with van der Waals surface area (Å²) in [6.07, 6.45) is 1.38. The molecular formula is C17H19NO8S. The molecule has 0 aromatic heterocycles. The maximum atomic E-state index is 12.6. The van der Waals surface area contributed by atoms with Gasteiger partial charge in [-0.25, -0.2) is 14.4 Å². The molecular weight excluding hydrogens is 378 g/mol. The molecule has 0 saturated heterocycles. The third-order valence-corrected chi connectivity index (χ3v) is 5.15. The molecule has 2 aliphatic rings. The lowest BCUT2D eigenvalue weighted by atomic mass is 9.87. The van der Waals surface area contributed by atoms with Crippen molar-refractivity contribution < 1.29 is 38.1 Å². The largest absolute Gasteiger partial charge is 0.468 e. The quantitative estimate of drug-likeness (QED) is 0.497. The smallest absolute Gasteiger partial charge is 0.338 e. The zero-order chi connectivity index (χ0) is 20.3. The van der Waals surface area contributed by atoms with E-state index >= 15 is 0 Å². The lowest BCUT2D eigenvalue weighted by molar-refractivity contribution is -0.157. The molecule has 0 N–H and O–H groups in total. The predicted molar refractivity (Wildman–Crippen MR) is 93.6 cm³/mol. The Morgan fingerprint density at radius 1 is 0.926 bits per heavy atom. The Morgan fingerprint density at radius 3 is 2.04 bits per heavy atom. The van der Waals surface area contributed by atoms with Gasteiger partial charge in [0.2, 0.25) is 0 Å². The van der Waals surface area contributed by atoms with E-state index in [1.165, 1.54) is 22.7 Å². The number of esters is 4. The van der Waals surface area contributed by atoms with Crippen molar-refractivity contribution in [1.82, 2.24) is 4.90 Å². The Bertz CT molecular complexity index is 782. The van der Waals surface area contributed by atoms with Crippen LogP contribution in [0.25, 0.3) is 0 Å². The normalized spacial score (nSPS) is 21.4. The summed E-state index contributed by atoms with van der Waals surface area (Å²) < 4.78 is 19.2. The molecule has 2 atom stereocenters. The zero-order valence-corrected chi connectivity index (χ0v) is 16.2. The average molecular weight is 397 g/mol. The van der Waals surface area contributed by atoms with Crippen molar-refractivity contribution in [2.75, 3.05) is 28.4 Å². The van der Waals surface area contributed by atoms with E-state index in [2.05, 4.69) is 0 Å². The van der Waals surface area contributed by atoms with Gasteiger partial charge in [-0.3, -0.25) is 4.79 Å². The van der Waals surface area contributed by atoms with Crippen LogP contribution in [-0.4, -0.2) is 63.3 Å². The summed E-state index contributed by atoms with van der Waals surface area (Å²) in [4.78, 5) is 51.7. The van der Waals surface area contributed by atoms with Crippen LogP contribution in [0.3, 0.4) is 0 Å². The molecule has 27 heavy (non-hydrogen) atoms. The molecule has 0 saturated carbocycles. The maximum Gasteiger partial charge on any atom is 0.338 e. The van der Waals surface area contributed by atoms with Gasteiger partial charge in [0.15, 0.2) is 0 Å². The maximum absolute atomic E-state index is 12.6. The van der Waals surface area contributed by atoms with Gasteiger partial charge in [0.25, 0.3) is 0 Å². The van der Waals surface area contributed by atoms with Crippen LogP contribution < -0.4 is 0 Å². The van der Waals surface area contributed by atoms with Crippen LogP contribution in [0.1, 0.15) is 6.92 Å². The molecule has 0 radical (unpaired) electrons. The van der Waals surface area contributed by atoms with Crippen molar-refractivity contribution in [3.63, 3.8) is 0 Å². The fourth-order valence-corrected chi connectivity index (χ4v) is 3.89. The highest BCUT2D eigenvalue weighted by molar-refractivity contribution is 8.06. The van der Waals surface area contributed by atoms with Crippen molar-refractivity contribution >= 4 is 35.6 Å². The number of methoxy groups -OCH3 is 4. The number of thioether (sulfide) groups is 1. The first-order chi connectivity index (χ1) is 12.8. The predicted octanol–water partition coefficient (Wildman–Crippen LogP) is 0.725. The molecule has 0 aromatic rings. The molecule has 2 rings (SSSR count). The Hall–Kier alpha value is -2.75. The van der Waals surface area contributed by atoms with Crippen molar-refractivity contribution in [1.29, 1.82) is 0 Å². The second kappa shape index (κ2) is 8.30. The standard InChI is InChI=1S/C17H19NO8S/c1-8-7-27-10-6-9(14(19)23-2)11(15(20)24-3)12(16(21)25-4)13(18(8)10)17(22)26-5/h6-7,12-13H,1-5H3. The van der Waals surface area contributed by atoms with Crippen molar-refractivity contribution in [2.24, 2.45) is 5.92 Å². The molecule has 0 bridgehead atoms. The third kappa shape index (κ3) is 3.57. The first-order valence-corrected chi connectivity index (χ1v) is 8.61. The second-order valence-corrected chi connectivity index (χ2v) is 6.40. The Balaban J connectivity index is 2.86. The van der Waals surface area contributed by atoms with Gasteiger partial charge in [0, 0.05) is 5.70 Å². The number of hydrogen-bond acceptors (Lipinski definition) is 10. The van der Waals surface area contributed by atoms with Gasteiger partial charge in [-0.05, 0) is 18.4 Å². The van der Waals surface area contributed by atoms with Gasteiger partial charge in [0.1, 0.15) is 12.0 Å². The van der Waals surface area contributed by atoms with Gasteiger partial charge < -0.3 is 23.8 Å². The summed E-state index contributed by atoms with van der Waals surface area (Å²) in [6, 6.07) is -1.27. The molecule has 0 amide bonds. The molecule has 2 unspecified atom stereocenters. The molecule has 10 heteroatoms. The number of nitrogens with zero attached hydrogens (tertiary/aromatic N) is 1. The first-order valence-electron chi connectivity index (χ1n) is 7.73. The van der Waals surface area contributed by atoms with Crippen LogP contribution in [0, 0.1) is 5.92 Å². The number of allylic oxidation sites excluding steroid dienone is 1. The molecule has 0 spiro atoms. The lowest BCUT2D eigenvalue weighted by Crippen LogP contribution is -2.48. The van der Waals surface area contributed by atoms with Crippen LogP contribution in [0.5, 0.6) is 0 Å². The van der Waals surface area contributed by atoms with E-state index in [1.807, 2.05) is 0 Å². The fraction of sp³-hybridized carbons (Fsp3) is 0.412. The van der Waals surface area contributed by atoms with Crippen molar-refractivity contribution in [2.45, 2.75) is 13.0 Å². The van der Waals surface area contributed by atoms with E-state index in [0.29, 0.717) is 10.7 Å². The number of carbonyl (C=O) groups is 4. The summed E-state index contributed by atoms with van der Waals surface area (Å²) >= 11 is 1.22. The third-order valence-electron chi connectivity index (χ3n) is 4.14. The van der Waals surface area contributed by atoms with E-state index in [-0.39, 0.29) is 11.1 Å². The van der Waals surface area contributed by atoms with E-state index in [9.17, 15) is 19.2 Å². The van der Waals surface area contributed by atoms with Crippen LogP contribution in [0.2, 0.25) is 0 Å². The minimum absolute atomic E-state index is 0.193. The number of rotatable bonds is 4. The SMILES string of the molecule is COC(=O)C1=C(C(=O)OC)C(C(=O)OC)C(C(=O)OC)N2C(C)=CSC2=C1. The number of hydrogen-bond donors (Lipinski definition) is 0. The highest BCUT2D eigenvalue weighted by atomic mass is 32.2. The molecule has 9 nitrogen and oxygen atoms in total. The molecule has 0 aliphatic carbocycles. The summed E-state index contributed by atoms with van der Waals surface area (Å²) in [6.45, 7) is 1.72. The second-order valence-electron chi connectivity index (χ2n) is 5.51. The van der Waals surface area contributed by atoms with Crippen LogP contribution >= 0.6 is 11.8 Å². The fourth-order valence-electron chi connectivity index (χ4n) is 2.93. The van der Waals surface area contributed by atoms with E-state index in [4.69, 9.17) is 18.9 Å². The minimum atomic E-state index is -1.47. The highest BCUT2D eigenvalue weighted by Crippen LogP contribution is 2.43. The Kier molecular flexibility index (Phi) is 6.32. The number of fused-ring (bicyclic) bond motifs is 1. The molecule has 146 valence electrons. The summed E-state index contributed by atoms with van der Waals surface area (Å²) in [5.41, 5.74) is 0.106. The first kappa shape index (κ1) is 20.6. The molecule has 0 fully saturated rings. The van der Waals surface area contributed by atoms with Crippen molar-refractivity contribution in [3.8, 4) is 0 Å². The Morgan fingerprint density at radius 2 is 1.52 bits per heavy atom. The van der Waals surface area contributed by atoms with Gasteiger partial charge >= 0.3 is 23.9 Å². The van der Waals surface area contributed by atoms with Gasteiger partial charge in [0.05, 0.1) is 44.6 Å². The van der Waals surface area contributed by atoms with Crippen LogP contribution in [0.15, 0.2) is 33.4 Å². The summed E-state index contributed by atoms with van der Waals surface area (Å²) in [5.74, 6) is -4.96. The van der Waals surface area contributed by atoms with Gasteiger partial charge in [-0.2, -0.15) is 0 Å². The molecule has 2 heterocycles. The van der Waals surface area contributed by atoms with Crippen LogP contribution in [-0.2, 0) is 38.1 Å². The van der Waals surface area contributed by atoms with E-state index < -0.39 is 35.8 Å². The van der Waals surface area contributed by atoms with Crippen LogP contribution in [0.4, 0.5) is 0 Å². The monoisotopic (exact) mass is 397 g/mol. The number of ether oxygens (including phenoxy) is 4. The summed E-state index contributed by atoms with van der Waals surface area (Å²) in [7, 11) is 4.52. The van der Waals surface area contributed by atoms with Crippen molar-refractivity contribution in [3.05, 3.63) is 33.4 Å². The molecule has 2 aliphatic heterocycles. The average Bonchev–Trinajstić information content (AvgIpc) is 2.96. The summed E-state index contributed by atoms with van der Waals surface area (Å²) in [5, 5.41) is 2.20. The molecule has 0 aromatic carbocycles. The Labute approximate surface area is 159 Å². The van der Waals surface area contributed by atoms with E-state index in [1.54, 1.807) is 12.3 Å². The minimum Gasteiger partial charge on any atom is -0.468 e. The zero-order valence-electron chi connectivity index (χ0n) is 15.4. The topological polar surface area (TPSA) is 108 Å². The number of carbonyl (C=O) groups excluding carboxylic acids is 4. The van der Waals surface area contributed by atoms with E-state index in [0.717, 1.165) is 28.4 Å². The highest BCUT2D eigenvalue weighted by Gasteiger charge is 2.50. The van der Waals surface area contributed by atoms with Gasteiger partial charge in [-0.15, -0.1) is 0 Å². The lowest BCUT2D eigenvalue weighted by Gasteiger charge is -2.32. The van der Waals surface area contributed by atoms with Gasteiger partial charge in [-0.1, -0.05) is 11.8 Å².